The zero-order valence-corrected chi connectivity index (χ0v) is 8.71. The molecule has 0 amide bonds. The molecular weight excluding hydrogens is 210 g/mol. The molecule has 0 atom stereocenters. The highest BCUT2D eigenvalue weighted by atomic mass is 35.7. The molecular formula is C8H12ClNO4. The second-order valence-corrected chi connectivity index (χ2v) is 3.50. The van der Waals surface area contributed by atoms with Gasteiger partial charge in [0.15, 0.2) is 0 Å². The van der Waals surface area contributed by atoms with Gasteiger partial charge in [0.25, 0.3) is 0 Å². The van der Waals surface area contributed by atoms with E-state index >= 15 is 0 Å². The predicted octanol–water partition coefficient (Wildman–Crippen LogP) is -3.58. The molecule has 0 radical (unpaired) electrons. The van der Waals surface area contributed by atoms with Gasteiger partial charge in [-0.25, -0.2) is 18.6 Å². The average Bonchev–Trinajstić information content (AvgIpc) is 1.97. The summed E-state index contributed by atoms with van der Waals surface area (Å²) < 4.78 is 34.0. The first kappa shape index (κ1) is 13.3. The van der Waals surface area contributed by atoms with Gasteiger partial charge in [-0.05, 0) is 13.8 Å². The Morgan fingerprint density at radius 2 is 1.29 bits per heavy atom. The summed E-state index contributed by atoms with van der Waals surface area (Å²) >= 11 is 0. The summed E-state index contributed by atoms with van der Waals surface area (Å²) in [5.74, 6) is 0. The molecule has 3 N–H and O–H groups in total. The third-order valence-electron chi connectivity index (χ3n) is 1.64. The molecule has 0 saturated heterocycles. The minimum Gasteiger partial charge on any atom is -0.325 e. The van der Waals surface area contributed by atoms with Crippen LogP contribution >= 0.6 is 0 Å². The van der Waals surface area contributed by atoms with E-state index in [0.29, 0.717) is 0 Å². The maximum Gasteiger partial charge on any atom is 0.133 e. The molecule has 0 bridgehead atoms. The van der Waals surface area contributed by atoms with E-state index in [2.05, 4.69) is 37.8 Å². The van der Waals surface area contributed by atoms with Crippen molar-refractivity contribution in [1.29, 1.82) is 0 Å². The van der Waals surface area contributed by atoms with Crippen molar-refractivity contribution in [3.8, 4) is 0 Å². The van der Waals surface area contributed by atoms with Crippen molar-refractivity contribution in [2.75, 3.05) is 0 Å². The molecule has 80 valence electrons. The van der Waals surface area contributed by atoms with Crippen molar-refractivity contribution in [3.05, 3.63) is 29.3 Å². The molecule has 0 spiro atoms. The van der Waals surface area contributed by atoms with Gasteiger partial charge in [0.2, 0.25) is 0 Å². The summed E-state index contributed by atoms with van der Waals surface area (Å²) in [7, 11) is -4.94. The second kappa shape index (κ2) is 5.26. The summed E-state index contributed by atoms with van der Waals surface area (Å²) in [6.07, 6.45) is 0. The van der Waals surface area contributed by atoms with E-state index in [9.17, 15) is 0 Å². The molecule has 1 aromatic carbocycles. The first-order valence-corrected chi connectivity index (χ1v) is 4.95. The summed E-state index contributed by atoms with van der Waals surface area (Å²) in [6, 6.07) is 6.21. The number of rotatable bonds is 0. The van der Waals surface area contributed by atoms with E-state index in [1.807, 2.05) is 0 Å². The summed E-state index contributed by atoms with van der Waals surface area (Å²) in [5, 5.41) is 0. The molecule has 0 unspecified atom stereocenters. The normalized spacial score (nSPS) is 10.5. The third-order valence-corrected chi connectivity index (χ3v) is 1.64. The Labute approximate surface area is 84.1 Å². The van der Waals surface area contributed by atoms with Crippen molar-refractivity contribution in [3.63, 3.8) is 0 Å². The van der Waals surface area contributed by atoms with Crippen LogP contribution < -0.4 is 24.4 Å². The lowest BCUT2D eigenvalue weighted by Gasteiger charge is -2.17. The number of hydrogen-bond donors (Lipinski definition) is 1. The highest BCUT2D eigenvalue weighted by Gasteiger charge is 1.97. The quantitative estimate of drug-likeness (QED) is 0.487. The van der Waals surface area contributed by atoms with Crippen molar-refractivity contribution < 1.29 is 34.6 Å². The van der Waals surface area contributed by atoms with E-state index < -0.39 is 10.2 Å². The van der Waals surface area contributed by atoms with E-state index in [1.54, 1.807) is 0 Å². The number of hydrogen-bond acceptors (Lipinski definition) is 4. The van der Waals surface area contributed by atoms with Crippen LogP contribution in [-0.4, -0.2) is 0 Å². The van der Waals surface area contributed by atoms with Crippen molar-refractivity contribution in [1.82, 2.24) is 0 Å². The lowest BCUT2D eigenvalue weighted by atomic mass is 10.1. The summed E-state index contributed by atoms with van der Waals surface area (Å²) in [6.45, 7) is 4.16. The van der Waals surface area contributed by atoms with Gasteiger partial charge >= 0.3 is 0 Å². The Kier molecular flexibility index (Phi) is 5.00. The molecule has 0 fully saturated rings. The molecule has 0 heterocycles. The fraction of sp³-hybridized carbons (Fsp3) is 0.250. The number of halogens is 1. The zero-order valence-electron chi connectivity index (χ0n) is 7.95. The Hall–Kier alpha value is -0.690. The molecule has 0 aliphatic carbocycles. The molecule has 6 heteroatoms. The lowest BCUT2D eigenvalue weighted by Crippen LogP contribution is -2.68. The zero-order chi connectivity index (χ0) is 11.4. The van der Waals surface area contributed by atoms with Gasteiger partial charge in [-0.2, -0.15) is 0 Å². The van der Waals surface area contributed by atoms with Gasteiger partial charge in [-0.15, -0.1) is 10.2 Å². The monoisotopic (exact) mass is 221 g/mol. The van der Waals surface area contributed by atoms with Crippen LogP contribution in [0.25, 0.3) is 0 Å². The van der Waals surface area contributed by atoms with Crippen LogP contribution in [0, 0.1) is 24.1 Å². The molecule has 1 aromatic rings. The molecule has 5 nitrogen and oxygen atoms in total. The minimum atomic E-state index is -4.94. The van der Waals surface area contributed by atoms with Gasteiger partial charge in [-0.1, -0.05) is 18.2 Å². The number of quaternary nitrogens is 1. The van der Waals surface area contributed by atoms with Gasteiger partial charge in [0, 0.05) is 11.1 Å². The Balaban J connectivity index is 0.000000292. The highest BCUT2D eigenvalue weighted by molar-refractivity contribution is 5.44. The van der Waals surface area contributed by atoms with E-state index in [0.717, 1.165) is 5.69 Å². The fourth-order valence-corrected chi connectivity index (χ4v) is 0.849. The highest BCUT2D eigenvalue weighted by Crippen LogP contribution is 2.11. The van der Waals surface area contributed by atoms with Crippen LogP contribution in [0.2, 0.25) is 0 Å². The summed E-state index contributed by atoms with van der Waals surface area (Å²) in [5.41, 5.74) is 7.63. The standard InChI is InChI=1S/C8H11N.ClHO4/c1-6-4-3-5-7(2)8(6)9;2-1(3,4)5/h3-5H,9H2,1-2H3;(H,2,3,4,5). The number of benzene rings is 1. The summed E-state index contributed by atoms with van der Waals surface area (Å²) in [4.78, 5) is 0. The number of aryl methyl sites for hydroxylation is 2. The van der Waals surface area contributed by atoms with Crippen LogP contribution in [0.4, 0.5) is 5.69 Å². The van der Waals surface area contributed by atoms with Crippen LogP contribution in [0.15, 0.2) is 18.2 Å². The van der Waals surface area contributed by atoms with Gasteiger partial charge in [-0.3, -0.25) is 0 Å². The molecule has 0 saturated carbocycles. The Bertz CT molecular complexity index is 272. The van der Waals surface area contributed by atoms with Crippen LogP contribution in [0.5, 0.6) is 0 Å². The van der Waals surface area contributed by atoms with E-state index in [-0.39, 0.29) is 0 Å². The minimum absolute atomic E-state index is 1.16. The van der Waals surface area contributed by atoms with E-state index in [4.69, 9.17) is 18.6 Å². The van der Waals surface area contributed by atoms with Crippen LogP contribution in [0.3, 0.4) is 0 Å². The van der Waals surface area contributed by atoms with E-state index in [1.165, 1.54) is 11.1 Å². The third kappa shape index (κ3) is 6.79. The van der Waals surface area contributed by atoms with Crippen molar-refractivity contribution >= 4 is 5.69 Å². The van der Waals surface area contributed by atoms with Gasteiger partial charge < -0.3 is 5.73 Å². The molecule has 0 aliphatic heterocycles. The Morgan fingerprint density at radius 3 is 1.50 bits per heavy atom. The molecule has 1 rings (SSSR count). The predicted molar refractivity (Wildman–Crippen MR) is 38.5 cm³/mol. The molecule has 14 heavy (non-hydrogen) atoms. The topological polar surface area (TPSA) is 120 Å². The maximum atomic E-state index is 8.49. The maximum absolute atomic E-state index is 8.49. The largest absolute Gasteiger partial charge is 0.325 e. The first-order chi connectivity index (χ1) is 6.22. The average molecular weight is 222 g/mol. The smallest absolute Gasteiger partial charge is 0.133 e. The van der Waals surface area contributed by atoms with Crippen molar-refractivity contribution in [2.24, 2.45) is 0 Å². The fourth-order valence-electron chi connectivity index (χ4n) is 0.849. The van der Waals surface area contributed by atoms with Crippen molar-refractivity contribution in [2.45, 2.75) is 13.8 Å². The molecule has 0 aromatic heterocycles. The van der Waals surface area contributed by atoms with Gasteiger partial charge in [0.1, 0.15) is 5.69 Å². The first-order valence-electron chi connectivity index (χ1n) is 3.71. The SMILES string of the molecule is Cc1cccc(C)c1[NH3+].[O-][Cl+3]([O-])([O-])[O-]. The van der Waals surface area contributed by atoms with Crippen LogP contribution in [-0.2, 0) is 0 Å². The second-order valence-electron chi connectivity index (χ2n) is 2.75. The Morgan fingerprint density at radius 1 is 1.00 bits per heavy atom. The van der Waals surface area contributed by atoms with Crippen LogP contribution in [0.1, 0.15) is 11.1 Å². The lowest BCUT2D eigenvalue weighted by molar-refractivity contribution is -2.00. The molecule has 0 aliphatic rings. The van der Waals surface area contributed by atoms with Gasteiger partial charge in [0.05, 0.1) is 0 Å².